The Balaban J connectivity index is 1.79. The van der Waals surface area contributed by atoms with Crippen LogP contribution < -0.4 is 5.32 Å². The van der Waals surface area contributed by atoms with Gasteiger partial charge in [-0.3, -0.25) is 4.79 Å². The summed E-state index contributed by atoms with van der Waals surface area (Å²) in [5, 5.41) is 5.31. The van der Waals surface area contributed by atoms with Gasteiger partial charge in [0, 0.05) is 17.0 Å². The van der Waals surface area contributed by atoms with Gasteiger partial charge in [0.2, 0.25) is 0 Å². The maximum atomic E-state index is 12.2. The molecular weight excluding hydrogens is 278 g/mol. The molecule has 3 aromatic carbocycles. The molecule has 0 aliphatic heterocycles. The average Bonchev–Trinajstić information content (AvgIpc) is 2.52. The number of nitrogens with one attached hydrogen (secondary N) is 1. The van der Waals surface area contributed by atoms with Gasteiger partial charge in [0.15, 0.2) is 0 Å². The molecule has 0 radical (unpaired) electrons. The third-order valence-corrected chi connectivity index (χ3v) is 3.71. The zero-order valence-corrected chi connectivity index (χ0v) is 12.3. The number of carbonyl (C=O) groups is 1. The smallest absolute Gasteiger partial charge is 0.251 e. The molecule has 0 spiro atoms. The lowest BCUT2D eigenvalue weighted by molar-refractivity contribution is 0.0951. The van der Waals surface area contributed by atoms with Crippen molar-refractivity contribution in [2.75, 3.05) is 0 Å². The first-order valence-electron chi connectivity index (χ1n) is 6.78. The first-order chi connectivity index (χ1) is 10.2. The van der Waals surface area contributed by atoms with E-state index in [-0.39, 0.29) is 5.91 Å². The van der Waals surface area contributed by atoms with Crippen molar-refractivity contribution in [2.24, 2.45) is 0 Å². The van der Waals surface area contributed by atoms with Gasteiger partial charge in [0.05, 0.1) is 0 Å². The minimum absolute atomic E-state index is 0.0844. The third kappa shape index (κ3) is 3.09. The van der Waals surface area contributed by atoms with Crippen LogP contribution in [0, 0.1) is 0 Å². The van der Waals surface area contributed by atoms with Crippen molar-refractivity contribution in [2.45, 2.75) is 11.4 Å². The molecule has 1 N–H and O–H groups in total. The highest BCUT2D eigenvalue weighted by Gasteiger charge is 2.06. The summed E-state index contributed by atoms with van der Waals surface area (Å²) in [6, 6.07) is 21.5. The molecule has 1 amide bonds. The van der Waals surface area contributed by atoms with Crippen molar-refractivity contribution >= 4 is 29.3 Å². The van der Waals surface area contributed by atoms with Crippen LogP contribution in [0.1, 0.15) is 15.9 Å². The SMILES string of the molecule is O=C(NCc1cccc2ccccc12)c1cccc(S)c1. The predicted octanol–water partition coefficient (Wildman–Crippen LogP) is 4.06. The van der Waals surface area contributed by atoms with Crippen LogP contribution in [0.25, 0.3) is 10.8 Å². The fourth-order valence-electron chi connectivity index (χ4n) is 2.37. The van der Waals surface area contributed by atoms with E-state index in [0.717, 1.165) is 10.5 Å². The summed E-state index contributed by atoms with van der Waals surface area (Å²) in [7, 11) is 0. The Bertz CT molecular complexity index is 793. The standard InChI is InChI=1S/C18H15NOS/c20-18(14-7-4-9-16(21)11-14)19-12-15-8-3-6-13-5-1-2-10-17(13)15/h1-11,21H,12H2,(H,19,20). The molecule has 3 aromatic rings. The molecule has 104 valence electrons. The lowest BCUT2D eigenvalue weighted by Gasteiger charge is -2.09. The molecule has 0 atom stereocenters. The zero-order valence-electron chi connectivity index (χ0n) is 11.4. The Labute approximate surface area is 129 Å². The quantitative estimate of drug-likeness (QED) is 0.701. The van der Waals surface area contributed by atoms with Gasteiger partial charge < -0.3 is 5.32 Å². The lowest BCUT2D eigenvalue weighted by Crippen LogP contribution is -2.22. The monoisotopic (exact) mass is 293 g/mol. The average molecular weight is 293 g/mol. The van der Waals surface area contributed by atoms with Crippen molar-refractivity contribution in [3.63, 3.8) is 0 Å². The maximum Gasteiger partial charge on any atom is 0.251 e. The number of thiol groups is 1. The van der Waals surface area contributed by atoms with Crippen molar-refractivity contribution in [3.8, 4) is 0 Å². The fraction of sp³-hybridized carbons (Fsp3) is 0.0556. The second-order valence-electron chi connectivity index (χ2n) is 4.87. The number of hydrogen-bond donors (Lipinski definition) is 2. The van der Waals surface area contributed by atoms with Crippen LogP contribution in [0.4, 0.5) is 0 Å². The second-order valence-corrected chi connectivity index (χ2v) is 5.39. The summed E-state index contributed by atoms with van der Waals surface area (Å²) in [6.07, 6.45) is 0. The first-order valence-corrected chi connectivity index (χ1v) is 7.22. The molecule has 0 unspecified atom stereocenters. The normalized spacial score (nSPS) is 10.5. The molecule has 2 nitrogen and oxygen atoms in total. The number of carbonyl (C=O) groups excluding carboxylic acids is 1. The Morgan fingerprint density at radius 3 is 2.57 bits per heavy atom. The highest BCUT2D eigenvalue weighted by atomic mass is 32.1. The van der Waals surface area contributed by atoms with Crippen LogP contribution in [0.5, 0.6) is 0 Å². The van der Waals surface area contributed by atoms with Crippen LogP contribution in [0.2, 0.25) is 0 Å². The van der Waals surface area contributed by atoms with Gasteiger partial charge in [0.25, 0.3) is 5.91 Å². The number of fused-ring (bicyclic) bond motifs is 1. The Hall–Kier alpha value is -2.26. The van der Waals surface area contributed by atoms with Crippen LogP contribution in [0.3, 0.4) is 0 Å². The van der Waals surface area contributed by atoms with E-state index in [4.69, 9.17) is 0 Å². The van der Waals surface area contributed by atoms with E-state index < -0.39 is 0 Å². The van der Waals surface area contributed by atoms with Gasteiger partial charge in [-0.25, -0.2) is 0 Å². The molecule has 0 fully saturated rings. The van der Waals surface area contributed by atoms with E-state index in [2.05, 4.69) is 36.1 Å². The van der Waals surface area contributed by atoms with Gasteiger partial charge in [-0.2, -0.15) is 0 Å². The second kappa shape index (κ2) is 6.02. The van der Waals surface area contributed by atoms with E-state index in [1.807, 2.05) is 36.4 Å². The maximum absolute atomic E-state index is 12.2. The lowest BCUT2D eigenvalue weighted by atomic mass is 10.0. The molecule has 0 saturated heterocycles. The summed E-state index contributed by atoms with van der Waals surface area (Å²) in [6.45, 7) is 0.511. The molecular formula is C18H15NOS. The van der Waals surface area contributed by atoms with Crippen LogP contribution in [-0.2, 0) is 6.54 Å². The van der Waals surface area contributed by atoms with Crippen molar-refractivity contribution in [1.29, 1.82) is 0 Å². The molecule has 0 saturated carbocycles. The minimum atomic E-state index is -0.0844. The van der Waals surface area contributed by atoms with E-state index in [9.17, 15) is 4.79 Å². The van der Waals surface area contributed by atoms with Crippen molar-refractivity contribution < 1.29 is 4.79 Å². The molecule has 0 aliphatic rings. The molecule has 3 rings (SSSR count). The van der Waals surface area contributed by atoms with E-state index in [1.54, 1.807) is 12.1 Å². The molecule has 0 aromatic heterocycles. The summed E-state index contributed by atoms with van der Waals surface area (Å²) < 4.78 is 0. The van der Waals surface area contributed by atoms with Crippen LogP contribution >= 0.6 is 12.6 Å². The molecule has 0 bridgehead atoms. The Morgan fingerprint density at radius 1 is 0.952 bits per heavy atom. The molecule has 0 aliphatic carbocycles. The highest BCUT2D eigenvalue weighted by Crippen LogP contribution is 2.18. The van der Waals surface area contributed by atoms with Crippen LogP contribution in [-0.4, -0.2) is 5.91 Å². The van der Waals surface area contributed by atoms with Crippen LogP contribution in [0.15, 0.2) is 71.6 Å². The number of hydrogen-bond acceptors (Lipinski definition) is 2. The highest BCUT2D eigenvalue weighted by molar-refractivity contribution is 7.80. The van der Waals surface area contributed by atoms with E-state index in [0.29, 0.717) is 12.1 Å². The van der Waals surface area contributed by atoms with Crippen molar-refractivity contribution in [1.82, 2.24) is 5.32 Å². The summed E-state index contributed by atoms with van der Waals surface area (Å²) in [5.41, 5.74) is 1.74. The number of benzene rings is 3. The molecule has 21 heavy (non-hydrogen) atoms. The molecule has 3 heteroatoms. The van der Waals surface area contributed by atoms with Crippen molar-refractivity contribution in [3.05, 3.63) is 77.9 Å². The summed E-state index contributed by atoms with van der Waals surface area (Å²) >= 11 is 4.26. The summed E-state index contributed by atoms with van der Waals surface area (Å²) in [5.74, 6) is -0.0844. The van der Waals surface area contributed by atoms with Gasteiger partial charge in [-0.15, -0.1) is 12.6 Å². The Morgan fingerprint density at radius 2 is 1.71 bits per heavy atom. The van der Waals surface area contributed by atoms with Gasteiger partial charge in [-0.1, -0.05) is 48.5 Å². The summed E-state index contributed by atoms with van der Waals surface area (Å²) in [4.78, 5) is 12.9. The number of rotatable bonds is 3. The minimum Gasteiger partial charge on any atom is -0.348 e. The third-order valence-electron chi connectivity index (χ3n) is 3.43. The number of amides is 1. The van der Waals surface area contributed by atoms with Gasteiger partial charge in [0.1, 0.15) is 0 Å². The molecule has 0 heterocycles. The van der Waals surface area contributed by atoms with Gasteiger partial charge in [-0.05, 0) is 34.5 Å². The van der Waals surface area contributed by atoms with Gasteiger partial charge >= 0.3 is 0 Å². The van der Waals surface area contributed by atoms with E-state index >= 15 is 0 Å². The Kier molecular flexibility index (Phi) is 3.93. The van der Waals surface area contributed by atoms with E-state index in [1.165, 1.54) is 10.8 Å². The largest absolute Gasteiger partial charge is 0.348 e. The topological polar surface area (TPSA) is 29.1 Å². The zero-order chi connectivity index (χ0) is 14.7. The predicted molar refractivity (Wildman–Crippen MR) is 88.8 cm³/mol. The fourth-order valence-corrected chi connectivity index (χ4v) is 2.60. The first kappa shape index (κ1) is 13.7.